The molecule has 0 saturated heterocycles. The molecule has 7 heteroatoms. The van der Waals surface area contributed by atoms with Crippen molar-refractivity contribution in [3.63, 3.8) is 0 Å². The summed E-state index contributed by atoms with van der Waals surface area (Å²) in [4.78, 5) is 0.122. The van der Waals surface area contributed by atoms with Crippen molar-refractivity contribution in [3.8, 4) is 6.07 Å². The van der Waals surface area contributed by atoms with Crippen LogP contribution >= 0.6 is 27.5 Å². The molecular formula is C16H12BrClN2O2S. The quantitative estimate of drug-likeness (QED) is 0.840. The largest absolute Gasteiger partial charge is 0.312 e. The second kappa shape index (κ2) is 5.60. The molecule has 118 valence electrons. The molecular weight excluding hydrogens is 400 g/mol. The minimum absolute atomic E-state index is 0.122. The van der Waals surface area contributed by atoms with Gasteiger partial charge >= 0.3 is 0 Å². The monoisotopic (exact) mass is 410 g/mol. The summed E-state index contributed by atoms with van der Waals surface area (Å²) in [5.41, 5.74) is 5.39. The van der Waals surface area contributed by atoms with Crippen molar-refractivity contribution in [1.29, 1.82) is 5.26 Å². The second-order valence-corrected chi connectivity index (χ2v) is 8.91. The fourth-order valence-corrected chi connectivity index (χ4v) is 5.41. The molecule has 1 aliphatic rings. The Morgan fingerprint density at radius 2 is 1.70 bits per heavy atom. The Labute approximate surface area is 147 Å². The molecule has 0 spiro atoms. The van der Waals surface area contributed by atoms with Crippen molar-refractivity contribution in [3.05, 3.63) is 63.6 Å². The van der Waals surface area contributed by atoms with E-state index in [1.807, 2.05) is 6.07 Å². The van der Waals surface area contributed by atoms with Gasteiger partial charge in [0.2, 0.25) is 0 Å². The molecule has 1 aliphatic carbocycles. The standard InChI is InChI=1S/C16H12BrClN2O2S/c17-11-3-1-10(2-4-11)14-15(16(14,20)9-19)23(21,22)13-7-5-12(18)6-8-13/h1-8,14-15H,20H2/t14-,15+,16+/m1/s1. The molecule has 2 aromatic carbocycles. The van der Waals surface area contributed by atoms with Gasteiger partial charge in [0.1, 0.15) is 10.8 Å². The first-order chi connectivity index (χ1) is 10.8. The first kappa shape index (κ1) is 16.5. The third kappa shape index (κ3) is 2.68. The van der Waals surface area contributed by atoms with E-state index in [4.69, 9.17) is 17.3 Å². The van der Waals surface area contributed by atoms with E-state index < -0.39 is 26.5 Å². The topological polar surface area (TPSA) is 83.9 Å². The van der Waals surface area contributed by atoms with Crippen molar-refractivity contribution >= 4 is 37.4 Å². The zero-order chi connectivity index (χ0) is 16.8. The van der Waals surface area contributed by atoms with E-state index in [1.165, 1.54) is 24.3 Å². The molecule has 1 saturated carbocycles. The van der Waals surface area contributed by atoms with Gasteiger partial charge in [-0.25, -0.2) is 8.42 Å². The molecule has 2 aromatic rings. The molecule has 0 heterocycles. The summed E-state index contributed by atoms with van der Waals surface area (Å²) in [5.74, 6) is -0.554. The molecule has 0 radical (unpaired) electrons. The molecule has 1 fully saturated rings. The molecule has 2 N–H and O–H groups in total. The van der Waals surface area contributed by atoms with Crippen LogP contribution in [0.4, 0.5) is 0 Å². The molecule has 0 amide bonds. The van der Waals surface area contributed by atoms with E-state index in [0.29, 0.717) is 5.02 Å². The van der Waals surface area contributed by atoms with Crippen LogP contribution in [0.15, 0.2) is 57.9 Å². The summed E-state index contributed by atoms with van der Waals surface area (Å²) >= 11 is 9.13. The number of nitriles is 1. The van der Waals surface area contributed by atoms with E-state index in [0.717, 1.165) is 10.0 Å². The molecule has 3 atom stereocenters. The number of rotatable bonds is 3. The highest BCUT2D eigenvalue weighted by atomic mass is 79.9. The van der Waals surface area contributed by atoms with Gasteiger partial charge in [0.15, 0.2) is 9.84 Å². The number of halogens is 2. The van der Waals surface area contributed by atoms with Crippen LogP contribution in [0.2, 0.25) is 5.02 Å². The number of hydrogen-bond donors (Lipinski definition) is 1. The molecule has 3 rings (SSSR count). The lowest BCUT2D eigenvalue weighted by molar-refractivity contribution is 0.592. The first-order valence-corrected chi connectivity index (χ1v) is 9.47. The Morgan fingerprint density at radius 1 is 1.13 bits per heavy atom. The number of nitrogens with zero attached hydrogens (tertiary/aromatic N) is 1. The van der Waals surface area contributed by atoms with Crippen molar-refractivity contribution in [2.75, 3.05) is 0 Å². The van der Waals surface area contributed by atoms with E-state index in [1.54, 1.807) is 24.3 Å². The summed E-state index contributed by atoms with van der Waals surface area (Å²) in [7, 11) is -3.73. The second-order valence-electron chi connectivity index (χ2n) is 5.49. The third-order valence-electron chi connectivity index (χ3n) is 4.08. The van der Waals surface area contributed by atoms with Crippen LogP contribution in [0.5, 0.6) is 0 Å². The Kier molecular flexibility index (Phi) is 4.01. The predicted molar refractivity (Wildman–Crippen MR) is 91.8 cm³/mol. The third-order valence-corrected chi connectivity index (χ3v) is 7.12. The number of nitrogens with two attached hydrogens (primary N) is 1. The van der Waals surface area contributed by atoms with Gasteiger partial charge in [0, 0.05) is 15.4 Å². The highest BCUT2D eigenvalue weighted by Gasteiger charge is 2.70. The number of benzene rings is 2. The Bertz CT molecular complexity index is 891. The predicted octanol–water partition coefficient (Wildman–Crippen LogP) is 3.26. The van der Waals surface area contributed by atoms with E-state index >= 15 is 0 Å². The fourth-order valence-electron chi connectivity index (χ4n) is 2.83. The lowest BCUT2D eigenvalue weighted by Gasteiger charge is -2.04. The molecule has 0 aliphatic heterocycles. The van der Waals surface area contributed by atoms with Crippen LogP contribution in [0, 0.1) is 11.3 Å². The summed E-state index contributed by atoms with van der Waals surface area (Å²) in [6, 6.07) is 15.0. The molecule has 0 aromatic heterocycles. The number of hydrogen-bond acceptors (Lipinski definition) is 4. The summed E-state index contributed by atoms with van der Waals surface area (Å²) in [6.07, 6.45) is 0. The minimum Gasteiger partial charge on any atom is -0.312 e. The van der Waals surface area contributed by atoms with Crippen molar-refractivity contribution in [2.45, 2.75) is 21.6 Å². The van der Waals surface area contributed by atoms with Gasteiger partial charge in [-0.1, -0.05) is 39.7 Å². The fraction of sp³-hybridized carbons (Fsp3) is 0.188. The van der Waals surface area contributed by atoms with Crippen LogP contribution < -0.4 is 5.73 Å². The lowest BCUT2D eigenvalue weighted by Crippen LogP contribution is -2.29. The normalized spacial score (nSPS) is 26.5. The zero-order valence-electron chi connectivity index (χ0n) is 11.8. The van der Waals surface area contributed by atoms with Gasteiger partial charge in [0.25, 0.3) is 0 Å². The van der Waals surface area contributed by atoms with Gasteiger partial charge in [-0.05, 0) is 42.0 Å². The summed E-state index contributed by atoms with van der Waals surface area (Å²) in [6.45, 7) is 0. The Morgan fingerprint density at radius 3 is 2.22 bits per heavy atom. The van der Waals surface area contributed by atoms with Crippen LogP contribution in [-0.4, -0.2) is 19.2 Å². The maximum Gasteiger partial charge on any atom is 0.184 e. The highest BCUT2D eigenvalue weighted by molar-refractivity contribution is 9.10. The maximum atomic E-state index is 12.8. The van der Waals surface area contributed by atoms with Gasteiger partial charge in [0.05, 0.1) is 11.0 Å². The number of sulfone groups is 1. The minimum atomic E-state index is -3.73. The van der Waals surface area contributed by atoms with Gasteiger partial charge in [-0.2, -0.15) is 5.26 Å². The van der Waals surface area contributed by atoms with Crippen LogP contribution in [0.25, 0.3) is 0 Å². The highest BCUT2D eigenvalue weighted by Crippen LogP contribution is 2.55. The molecule has 23 heavy (non-hydrogen) atoms. The molecule has 0 unspecified atom stereocenters. The average Bonchev–Trinajstić information content (AvgIpc) is 3.16. The Balaban J connectivity index is 2.03. The molecule has 0 bridgehead atoms. The van der Waals surface area contributed by atoms with Crippen LogP contribution in [-0.2, 0) is 9.84 Å². The van der Waals surface area contributed by atoms with E-state index in [-0.39, 0.29) is 4.90 Å². The summed E-state index contributed by atoms with van der Waals surface area (Å²) in [5, 5.41) is 8.88. The summed E-state index contributed by atoms with van der Waals surface area (Å²) < 4.78 is 26.6. The van der Waals surface area contributed by atoms with Crippen molar-refractivity contribution in [2.24, 2.45) is 5.73 Å². The van der Waals surface area contributed by atoms with Crippen molar-refractivity contribution in [1.82, 2.24) is 0 Å². The van der Waals surface area contributed by atoms with Gasteiger partial charge < -0.3 is 5.73 Å². The van der Waals surface area contributed by atoms with Gasteiger partial charge in [-0.3, -0.25) is 0 Å². The van der Waals surface area contributed by atoms with Gasteiger partial charge in [-0.15, -0.1) is 0 Å². The van der Waals surface area contributed by atoms with E-state index in [2.05, 4.69) is 15.9 Å². The smallest absolute Gasteiger partial charge is 0.184 e. The Hall–Kier alpha value is -1.39. The van der Waals surface area contributed by atoms with Crippen LogP contribution in [0.3, 0.4) is 0 Å². The lowest BCUT2D eigenvalue weighted by atomic mass is 10.1. The maximum absolute atomic E-state index is 12.8. The SMILES string of the molecule is N#C[C@]1(N)[C@H](c2ccc(Br)cc2)[C@@H]1S(=O)(=O)c1ccc(Cl)cc1. The first-order valence-electron chi connectivity index (χ1n) is 6.76. The van der Waals surface area contributed by atoms with Crippen molar-refractivity contribution < 1.29 is 8.42 Å². The van der Waals surface area contributed by atoms with Crippen LogP contribution in [0.1, 0.15) is 11.5 Å². The molecule has 4 nitrogen and oxygen atoms in total. The van der Waals surface area contributed by atoms with E-state index in [9.17, 15) is 13.7 Å². The zero-order valence-corrected chi connectivity index (χ0v) is 14.9. The average molecular weight is 412 g/mol.